The predicted molar refractivity (Wildman–Crippen MR) is 80.4 cm³/mol. The van der Waals surface area contributed by atoms with Crippen LogP contribution in [0, 0.1) is 0 Å². The van der Waals surface area contributed by atoms with Crippen LogP contribution in [0.2, 0.25) is 0 Å². The molecule has 1 saturated heterocycles. The normalized spacial score (nSPS) is 18.8. The number of nitrogens with two attached hydrogens (primary N) is 1. The number of piperidine rings is 1. The Morgan fingerprint density at radius 1 is 1.35 bits per heavy atom. The Morgan fingerprint density at radius 3 is 2.45 bits per heavy atom. The Morgan fingerprint density at radius 2 is 1.95 bits per heavy atom. The van der Waals surface area contributed by atoms with Crippen molar-refractivity contribution in [1.29, 1.82) is 0 Å². The number of methoxy groups -OCH3 is 2. The Bertz CT molecular complexity index is 482. The van der Waals surface area contributed by atoms with E-state index in [4.69, 9.17) is 15.2 Å². The molecule has 0 radical (unpaired) electrons. The molecule has 20 heavy (non-hydrogen) atoms. The van der Waals surface area contributed by atoms with Gasteiger partial charge in [0.2, 0.25) is 0 Å². The van der Waals surface area contributed by atoms with Crippen molar-refractivity contribution in [3.63, 3.8) is 0 Å². The average Bonchev–Trinajstić information content (AvgIpc) is 2.46. The van der Waals surface area contributed by atoms with Gasteiger partial charge in [-0.25, -0.2) is 0 Å². The van der Waals surface area contributed by atoms with Crippen molar-refractivity contribution in [3.05, 3.63) is 22.2 Å². The fraction of sp³-hybridized carbons (Fsp3) is 0.500. The largest absolute Gasteiger partial charge is 0.495 e. The Labute approximate surface area is 127 Å². The monoisotopic (exact) mass is 342 g/mol. The van der Waals surface area contributed by atoms with E-state index in [0.29, 0.717) is 28.1 Å². The van der Waals surface area contributed by atoms with E-state index in [1.807, 2.05) is 0 Å². The van der Waals surface area contributed by atoms with Gasteiger partial charge in [-0.1, -0.05) is 0 Å². The van der Waals surface area contributed by atoms with Crippen molar-refractivity contribution >= 4 is 21.8 Å². The lowest BCUT2D eigenvalue weighted by Crippen LogP contribution is -2.45. The number of benzene rings is 1. The maximum Gasteiger partial charge on any atom is 0.254 e. The SMILES string of the molecule is COc1cc(C(=O)N2CCC[C@@H](N)C2)cc(OC)c1Br. The zero-order valence-corrected chi connectivity index (χ0v) is 13.3. The van der Waals surface area contributed by atoms with Crippen LogP contribution in [-0.2, 0) is 0 Å². The number of hydrogen-bond donors (Lipinski definition) is 1. The van der Waals surface area contributed by atoms with Crippen LogP contribution in [0.25, 0.3) is 0 Å². The van der Waals surface area contributed by atoms with Crippen molar-refractivity contribution in [2.24, 2.45) is 5.73 Å². The molecule has 0 spiro atoms. The third kappa shape index (κ3) is 3.07. The summed E-state index contributed by atoms with van der Waals surface area (Å²) in [5.74, 6) is 1.12. The molecule has 0 bridgehead atoms. The number of nitrogens with zero attached hydrogens (tertiary/aromatic N) is 1. The van der Waals surface area contributed by atoms with Crippen LogP contribution in [0.15, 0.2) is 16.6 Å². The molecule has 0 aliphatic carbocycles. The van der Waals surface area contributed by atoms with E-state index in [9.17, 15) is 4.79 Å². The molecule has 1 fully saturated rings. The molecule has 1 heterocycles. The lowest BCUT2D eigenvalue weighted by atomic mass is 10.1. The van der Waals surface area contributed by atoms with E-state index in [2.05, 4.69) is 15.9 Å². The number of ether oxygens (including phenoxy) is 2. The minimum Gasteiger partial charge on any atom is -0.495 e. The molecule has 6 heteroatoms. The highest BCUT2D eigenvalue weighted by molar-refractivity contribution is 9.10. The van der Waals surface area contributed by atoms with E-state index in [1.165, 1.54) is 0 Å². The summed E-state index contributed by atoms with van der Waals surface area (Å²) in [5.41, 5.74) is 6.48. The molecule has 2 N–H and O–H groups in total. The van der Waals surface area contributed by atoms with Gasteiger partial charge in [0.1, 0.15) is 16.0 Å². The quantitative estimate of drug-likeness (QED) is 0.912. The molecule has 1 atom stereocenters. The van der Waals surface area contributed by atoms with Gasteiger partial charge >= 0.3 is 0 Å². The van der Waals surface area contributed by atoms with Gasteiger partial charge < -0.3 is 20.1 Å². The molecule has 1 amide bonds. The van der Waals surface area contributed by atoms with Gasteiger partial charge in [-0.15, -0.1) is 0 Å². The number of hydrogen-bond acceptors (Lipinski definition) is 4. The maximum atomic E-state index is 12.5. The van der Waals surface area contributed by atoms with Crippen LogP contribution >= 0.6 is 15.9 Å². The second-order valence-electron chi connectivity index (χ2n) is 4.85. The average molecular weight is 343 g/mol. The molecule has 0 saturated carbocycles. The van der Waals surface area contributed by atoms with E-state index in [-0.39, 0.29) is 11.9 Å². The Balaban J connectivity index is 2.29. The summed E-state index contributed by atoms with van der Waals surface area (Å²) in [6.45, 7) is 1.34. The van der Waals surface area contributed by atoms with Crippen LogP contribution < -0.4 is 15.2 Å². The first-order valence-electron chi connectivity index (χ1n) is 6.53. The first-order chi connectivity index (χ1) is 9.56. The summed E-state index contributed by atoms with van der Waals surface area (Å²) >= 11 is 3.40. The first kappa shape index (κ1) is 15.1. The Hall–Kier alpha value is -1.27. The summed E-state index contributed by atoms with van der Waals surface area (Å²) in [6.07, 6.45) is 1.91. The van der Waals surface area contributed by atoms with Gasteiger partial charge in [0, 0.05) is 24.7 Å². The molecule has 0 unspecified atom stereocenters. The van der Waals surface area contributed by atoms with Crippen LogP contribution in [0.4, 0.5) is 0 Å². The number of carbonyl (C=O) groups excluding carboxylic acids is 1. The van der Waals surface area contributed by atoms with Crippen molar-refractivity contribution < 1.29 is 14.3 Å². The summed E-state index contributed by atoms with van der Waals surface area (Å²) in [4.78, 5) is 14.3. The van der Waals surface area contributed by atoms with Crippen molar-refractivity contribution in [3.8, 4) is 11.5 Å². The highest BCUT2D eigenvalue weighted by atomic mass is 79.9. The van der Waals surface area contributed by atoms with Gasteiger partial charge in [-0.2, -0.15) is 0 Å². The number of likely N-dealkylation sites (tertiary alicyclic amines) is 1. The fourth-order valence-corrected chi connectivity index (χ4v) is 2.92. The lowest BCUT2D eigenvalue weighted by molar-refractivity contribution is 0.0708. The minimum absolute atomic E-state index is 0.0377. The molecule has 110 valence electrons. The number of halogens is 1. The number of amides is 1. The van der Waals surface area contributed by atoms with Gasteiger partial charge in [0.15, 0.2) is 0 Å². The summed E-state index contributed by atoms with van der Waals surface area (Å²) < 4.78 is 11.2. The summed E-state index contributed by atoms with van der Waals surface area (Å²) in [6, 6.07) is 3.50. The van der Waals surface area contributed by atoms with Gasteiger partial charge in [-0.05, 0) is 40.9 Å². The Kier molecular flexibility index (Phi) is 4.88. The minimum atomic E-state index is -0.0377. The molecular formula is C14H19BrN2O3. The third-order valence-electron chi connectivity index (χ3n) is 3.44. The highest BCUT2D eigenvalue weighted by Crippen LogP contribution is 2.36. The summed E-state index contributed by atoms with van der Waals surface area (Å²) in [5, 5.41) is 0. The molecular weight excluding hydrogens is 324 g/mol. The van der Waals surface area contributed by atoms with Gasteiger partial charge in [0.05, 0.1) is 14.2 Å². The molecule has 1 aromatic carbocycles. The topological polar surface area (TPSA) is 64.8 Å². The molecule has 5 nitrogen and oxygen atoms in total. The van der Waals surface area contributed by atoms with Crippen molar-refractivity contribution in [2.45, 2.75) is 18.9 Å². The second kappa shape index (κ2) is 6.45. The van der Waals surface area contributed by atoms with E-state index < -0.39 is 0 Å². The van der Waals surface area contributed by atoms with Crippen LogP contribution in [0.5, 0.6) is 11.5 Å². The zero-order chi connectivity index (χ0) is 14.7. The third-order valence-corrected chi connectivity index (χ3v) is 4.22. The van der Waals surface area contributed by atoms with Crippen LogP contribution in [0.1, 0.15) is 23.2 Å². The van der Waals surface area contributed by atoms with E-state index in [0.717, 1.165) is 19.4 Å². The van der Waals surface area contributed by atoms with Gasteiger partial charge in [0.25, 0.3) is 5.91 Å². The molecule has 1 aliphatic rings. The molecule has 1 aromatic rings. The van der Waals surface area contributed by atoms with Crippen molar-refractivity contribution in [1.82, 2.24) is 4.90 Å². The smallest absolute Gasteiger partial charge is 0.254 e. The second-order valence-corrected chi connectivity index (χ2v) is 5.64. The van der Waals surface area contributed by atoms with Gasteiger partial charge in [-0.3, -0.25) is 4.79 Å². The van der Waals surface area contributed by atoms with E-state index in [1.54, 1.807) is 31.3 Å². The standard InChI is InChI=1S/C14H19BrN2O3/c1-19-11-6-9(7-12(20-2)13(11)15)14(18)17-5-3-4-10(16)8-17/h6-7,10H,3-5,8,16H2,1-2H3/t10-/m1/s1. The summed E-state index contributed by atoms with van der Waals surface area (Å²) in [7, 11) is 3.12. The number of rotatable bonds is 3. The maximum absolute atomic E-state index is 12.5. The lowest BCUT2D eigenvalue weighted by Gasteiger charge is -2.31. The molecule has 0 aromatic heterocycles. The fourth-order valence-electron chi connectivity index (χ4n) is 2.37. The molecule has 1 aliphatic heterocycles. The van der Waals surface area contributed by atoms with E-state index >= 15 is 0 Å². The van der Waals surface area contributed by atoms with Crippen LogP contribution in [0.3, 0.4) is 0 Å². The predicted octanol–water partition coefficient (Wildman–Crippen LogP) is 2.03. The first-order valence-corrected chi connectivity index (χ1v) is 7.32. The van der Waals surface area contributed by atoms with Crippen molar-refractivity contribution in [2.75, 3.05) is 27.3 Å². The van der Waals surface area contributed by atoms with Crippen LogP contribution in [-0.4, -0.2) is 44.2 Å². The molecule has 2 rings (SSSR count). The highest BCUT2D eigenvalue weighted by Gasteiger charge is 2.24. The zero-order valence-electron chi connectivity index (χ0n) is 11.7. The number of carbonyl (C=O) groups is 1.